The molecule has 0 saturated heterocycles. The molecule has 2 rings (SSSR count). The number of anilines is 1. The molecule has 0 bridgehead atoms. The van der Waals surface area contributed by atoms with E-state index in [2.05, 4.69) is 5.32 Å². The van der Waals surface area contributed by atoms with Crippen molar-refractivity contribution in [3.63, 3.8) is 0 Å². The quantitative estimate of drug-likeness (QED) is 0.348. The Morgan fingerprint density at radius 3 is 2.32 bits per heavy atom. The van der Waals surface area contributed by atoms with Gasteiger partial charge < -0.3 is 15.0 Å². The molecule has 1 N–H and O–H groups in total. The van der Waals surface area contributed by atoms with Crippen molar-refractivity contribution in [2.75, 3.05) is 30.8 Å². The Morgan fingerprint density at radius 1 is 1.08 bits per heavy atom. The molecule has 0 aliphatic carbocycles. The van der Waals surface area contributed by atoms with Gasteiger partial charge in [0.1, 0.15) is 11.8 Å². The summed E-state index contributed by atoms with van der Waals surface area (Å²) < 4.78 is 31.4. The lowest BCUT2D eigenvalue weighted by Crippen LogP contribution is -2.49. The van der Waals surface area contributed by atoms with Crippen LogP contribution in [0.5, 0.6) is 5.75 Å². The summed E-state index contributed by atoms with van der Waals surface area (Å²) in [6.45, 7) is 4.60. The molecule has 2 aromatic rings. The van der Waals surface area contributed by atoms with E-state index < -0.39 is 16.1 Å². The monoisotopic (exact) mass is 571 g/mol. The maximum absolute atomic E-state index is 13.4. The first-order valence-electron chi connectivity index (χ1n) is 12.1. The van der Waals surface area contributed by atoms with Crippen molar-refractivity contribution in [1.82, 2.24) is 10.2 Å². The highest BCUT2D eigenvalue weighted by molar-refractivity contribution is 7.92. The number of ether oxygens (including phenoxy) is 1. The molecule has 0 aliphatic heterocycles. The van der Waals surface area contributed by atoms with Gasteiger partial charge in [-0.3, -0.25) is 13.9 Å². The first-order valence-corrected chi connectivity index (χ1v) is 14.7. The van der Waals surface area contributed by atoms with Gasteiger partial charge in [0.25, 0.3) is 0 Å². The smallest absolute Gasteiger partial charge is 0.242 e. The molecule has 0 aromatic heterocycles. The van der Waals surface area contributed by atoms with E-state index in [0.717, 1.165) is 22.5 Å². The van der Waals surface area contributed by atoms with Crippen LogP contribution in [0.25, 0.3) is 0 Å². The number of carbonyl (C=O) groups excluding carboxylic acids is 2. The summed E-state index contributed by atoms with van der Waals surface area (Å²) in [6.07, 6.45) is 2.55. The molecule has 8 nitrogen and oxygen atoms in total. The summed E-state index contributed by atoms with van der Waals surface area (Å²) in [5.41, 5.74) is 1.10. The number of amides is 2. The fraction of sp³-hybridized carbons (Fsp3) is 0.462. The molecule has 204 valence electrons. The number of carbonyl (C=O) groups is 2. The molecule has 2 amide bonds. The van der Waals surface area contributed by atoms with Crippen molar-refractivity contribution in [3.8, 4) is 5.75 Å². The Balaban J connectivity index is 2.24. The number of rotatable bonds is 14. The average molecular weight is 573 g/mol. The predicted octanol–water partition coefficient (Wildman–Crippen LogP) is 4.88. The minimum absolute atomic E-state index is 0.0276. The lowest BCUT2D eigenvalue weighted by atomic mass is 10.1. The Hall–Kier alpha value is -2.49. The van der Waals surface area contributed by atoms with E-state index in [-0.39, 0.29) is 48.5 Å². The Bertz CT molecular complexity index is 1160. The number of methoxy groups -OCH3 is 1. The summed E-state index contributed by atoms with van der Waals surface area (Å²) in [7, 11) is -2.11. The van der Waals surface area contributed by atoms with Gasteiger partial charge in [-0.15, -0.1) is 0 Å². The number of halogens is 2. The highest BCUT2D eigenvalue weighted by atomic mass is 35.5. The predicted molar refractivity (Wildman–Crippen MR) is 149 cm³/mol. The van der Waals surface area contributed by atoms with E-state index in [9.17, 15) is 18.0 Å². The third-order valence-corrected chi connectivity index (χ3v) is 7.51. The number of nitrogens with one attached hydrogen (secondary N) is 1. The normalized spacial score (nSPS) is 12.1. The van der Waals surface area contributed by atoms with Gasteiger partial charge in [0, 0.05) is 31.1 Å². The average Bonchev–Trinajstić information content (AvgIpc) is 2.86. The SMILES string of the molecule is CCCNC(=O)[C@H](CC)N(Cc1ccc(OC)cc1)C(=O)CCCN(c1cc(Cl)ccc1Cl)S(C)(=O)=O. The van der Waals surface area contributed by atoms with Crippen LogP contribution in [0.1, 0.15) is 45.1 Å². The van der Waals surface area contributed by atoms with Gasteiger partial charge in [-0.05, 0) is 55.2 Å². The van der Waals surface area contributed by atoms with Crippen LogP contribution < -0.4 is 14.4 Å². The lowest BCUT2D eigenvalue weighted by molar-refractivity contribution is -0.141. The van der Waals surface area contributed by atoms with Crippen molar-refractivity contribution < 1.29 is 22.7 Å². The molecule has 2 aromatic carbocycles. The van der Waals surface area contributed by atoms with E-state index in [4.69, 9.17) is 27.9 Å². The Morgan fingerprint density at radius 2 is 1.76 bits per heavy atom. The third-order valence-electron chi connectivity index (χ3n) is 5.78. The molecule has 1 atom stereocenters. The molecule has 0 spiro atoms. The highest BCUT2D eigenvalue weighted by Crippen LogP contribution is 2.31. The van der Waals surface area contributed by atoms with Gasteiger partial charge in [0.2, 0.25) is 21.8 Å². The van der Waals surface area contributed by atoms with E-state index in [1.807, 2.05) is 26.0 Å². The largest absolute Gasteiger partial charge is 0.497 e. The zero-order valence-corrected chi connectivity index (χ0v) is 24.0. The van der Waals surface area contributed by atoms with Gasteiger partial charge in [-0.2, -0.15) is 0 Å². The van der Waals surface area contributed by atoms with Crippen LogP contribution in [0.15, 0.2) is 42.5 Å². The molecular formula is C26H35Cl2N3O5S. The minimum Gasteiger partial charge on any atom is -0.497 e. The van der Waals surface area contributed by atoms with Crippen molar-refractivity contribution >= 4 is 50.7 Å². The molecular weight excluding hydrogens is 537 g/mol. The number of benzene rings is 2. The van der Waals surface area contributed by atoms with E-state index in [0.29, 0.717) is 23.7 Å². The standard InChI is InChI=1S/C26H35Cl2N3O5S/c1-5-15-29-26(33)23(6-2)30(18-19-9-12-21(36-3)13-10-19)25(32)8-7-16-31(37(4,34)35)24-17-20(27)11-14-22(24)28/h9-14,17,23H,5-8,15-16,18H2,1-4H3,(H,29,33)/t23-/m0/s1. The van der Waals surface area contributed by atoms with Crippen LogP contribution in [-0.2, 0) is 26.2 Å². The van der Waals surface area contributed by atoms with Crippen molar-refractivity contribution in [2.24, 2.45) is 0 Å². The molecule has 0 unspecified atom stereocenters. The van der Waals surface area contributed by atoms with Crippen LogP contribution in [0, 0.1) is 0 Å². The molecule has 11 heteroatoms. The van der Waals surface area contributed by atoms with Crippen molar-refractivity contribution in [1.29, 1.82) is 0 Å². The minimum atomic E-state index is -3.69. The van der Waals surface area contributed by atoms with Crippen LogP contribution in [0.2, 0.25) is 10.0 Å². The second kappa shape index (κ2) is 14.4. The van der Waals surface area contributed by atoms with Gasteiger partial charge in [0.15, 0.2) is 0 Å². The number of sulfonamides is 1. The Labute approximate surface area is 229 Å². The first kappa shape index (κ1) is 30.7. The zero-order chi connectivity index (χ0) is 27.6. The van der Waals surface area contributed by atoms with Gasteiger partial charge >= 0.3 is 0 Å². The number of nitrogens with zero attached hydrogens (tertiary/aromatic N) is 2. The molecule has 0 aliphatic rings. The summed E-state index contributed by atoms with van der Waals surface area (Å²) in [5.74, 6) is 0.226. The summed E-state index contributed by atoms with van der Waals surface area (Å²) >= 11 is 12.3. The van der Waals surface area contributed by atoms with Gasteiger partial charge in [0.05, 0.1) is 24.1 Å². The number of hydrogen-bond donors (Lipinski definition) is 1. The summed E-state index contributed by atoms with van der Waals surface area (Å²) in [4.78, 5) is 27.9. The molecule has 37 heavy (non-hydrogen) atoms. The van der Waals surface area contributed by atoms with E-state index in [1.54, 1.807) is 30.2 Å². The van der Waals surface area contributed by atoms with Crippen LogP contribution in [0.4, 0.5) is 5.69 Å². The third kappa shape index (κ3) is 9.09. The second-order valence-corrected chi connectivity index (χ2v) is 11.4. The fourth-order valence-corrected chi connectivity index (χ4v) is 5.28. The second-order valence-electron chi connectivity index (χ2n) is 8.62. The molecule has 0 radical (unpaired) electrons. The van der Waals surface area contributed by atoms with Crippen molar-refractivity contribution in [2.45, 2.75) is 52.1 Å². The first-order chi connectivity index (χ1) is 17.5. The maximum atomic E-state index is 13.4. The summed E-state index contributed by atoms with van der Waals surface area (Å²) in [5, 5.41) is 3.47. The lowest BCUT2D eigenvalue weighted by Gasteiger charge is -2.31. The van der Waals surface area contributed by atoms with Crippen LogP contribution >= 0.6 is 23.2 Å². The maximum Gasteiger partial charge on any atom is 0.242 e. The topological polar surface area (TPSA) is 96.0 Å². The van der Waals surface area contributed by atoms with E-state index >= 15 is 0 Å². The zero-order valence-electron chi connectivity index (χ0n) is 21.7. The molecule has 0 fully saturated rings. The van der Waals surface area contributed by atoms with Gasteiger partial charge in [-0.1, -0.05) is 49.2 Å². The summed E-state index contributed by atoms with van der Waals surface area (Å²) in [6, 6.07) is 11.2. The number of hydrogen-bond acceptors (Lipinski definition) is 5. The molecule has 0 saturated carbocycles. The van der Waals surface area contributed by atoms with Gasteiger partial charge in [-0.25, -0.2) is 8.42 Å². The molecule has 0 heterocycles. The van der Waals surface area contributed by atoms with Crippen LogP contribution in [0.3, 0.4) is 0 Å². The van der Waals surface area contributed by atoms with Crippen molar-refractivity contribution in [3.05, 3.63) is 58.1 Å². The van der Waals surface area contributed by atoms with Crippen LogP contribution in [-0.4, -0.2) is 57.6 Å². The van der Waals surface area contributed by atoms with E-state index in [1.165, 1.54) is 12.1 Å². The Kier molecular flexibility index (Phi) is 12.0. The fourth-order valence-electron chi connectivity index (χ4n) is 3.87. The highest BCUT2D eigenvalue weighted by Gasteiger charge is 2.29.